The summed E-state index contributed by atoms with van der Waals surface area (Å²) in [4.78, 5) is 6.95. The number of hydrogen-bond donors (Lipinski definition) is 1. The third-order valence-electron chi connectivity index (χ3n) is 4.34. The van der Waals surface area contributed by atoms with E-state index in [1.807, 2.05) is 0 Å². The quantitative estimate of drug-likeness (QED) is 0.833. The zero-order valence-corrected chi connectivity index (χ0v) is 11.5. The van der Waals surface area contributed by atoms with Crippen molar-refractivity contribution in [1.29, 1.82) is 0 Å². The van der Waals surface area contributed by atoms with Gasteiger partial charge >= 0.3 is 0 Å². The van der Waals surface area contributed by atoms with Crippen LogP contribution in [0.1, 0.15) is 36.8 Å². The average Bonchev–Trinajstić information content (AvgIpc) is 3.16. The van der Waals surface area contributed by atoms with Crippen molar-refractivity contribution in [2.75, 3.05) is 39.4 Å². The summed E-state index contributed by atoms with van der Waals surface area (Å²) in [7, 11) is 0. The van der Waals surface area contributed by atoms with Crippen molar-refractivity contribution < 1.29 is 14.0 Å². The number of rotatable bonds is 2. The molecule has 3 saturated heterocycles. The molecule has 20 heavy (non-hydrogen) atoms. The highest BCUT2D eigenvalue weighted by atomic mass is 16.5. The number of aromatic nitrogens is 2. The molecule has 7 nitrogen and oxygen atoms in total. The second-order valence-corrected chi connectivity index (χ2v) is 5.67. The van der Waals surface area contributed by atoms with Gasteiger partial charge in [-0.1, -0.05) is 5.16 Å². The first kappa shape index (κ1) is 12.7. The van der Waals surface area contributed by atoms with E-state index in [4.69, 9.17) is 14.0 Å². The number of nitrogens with one attached hydrogen (secondary N) is 1. The Morgan fingerprint density at radius 2 is 2.25 bits per heavy atom. The lowest BCUT2D eigenvalue weighted by Crippen LogP contribution is -2.42. The Labute approximate surface area is 117 Å². The highest BCUT2D eigenvalue weighted by Gasteiger charge is 2.35. The van der Waals surface area contributed by atoms with Gasteiger partial charge in [0.2, 0.25) is 5.82 Å². The lowest BCUT2D eigenvalue weighted by atomic mass is 10.2. The fourth-order valence-corrected chi connectivity index (χ4v) is 3.21. The molecular weight excluding hydrogens is 260 g/mol. The molecule has 0 spiro atoms. The summed E-state index contributed by atoms with van der Waals surface area (Å²) in [5.74, 6) is 1.21. The van der Waals surface area contributed by atoms with Gasteiger partial charge in [-0.3, -0.25) is 4.90 Å². The Bertz CT molecular complexity index is 460. The molecule has 0 aromatic carbocycles. The van der Waals surface area contributed by atoms with Crippen molar-refractivity contribution in [3.05, 3.63) is 11.7 Å². The molecule has 1 aromatic rings. The first-order valence-electron chi connectivity index (χ1n) is 7.41. The number of hydrogen-bond acceptors (Lipinski definition) is 7. The summed E-state index contributed by atoms with van der Waals surface area (Å²) < 4.78 is 16.9. The monoisotopic (exact) mass is 280 g/mol. The normalized spacial score (nSPS) is 35.1. The summed E-state index contributed by atoms with van der Waals surface area (Å²) in [6, 6.07) is 0.587. The van der Waals surface area contributed by atoms with Crippen molar-refractivity contribution in [2.45, 2.75) is 31.1 Å². The highest BCUT2D eigenvalue weighted by Crippen LogP contribution is 2.29. The molecule has 4 rings (SSSR count). The third kappa shape index (κ3) is 2.35. The van der Waals surface area contributed by atoms with Crippen LogP contribution in [0, 0.1) is 0 Å². The van der Waals surface area contributed by atoms with Crippen molar-refractivity contribution in [3.8, 4) is 0 Å². The largest absolute Gasteiger partial charge is 0.367 e. The highest BCUT2D eigenvalue weighted by molar-refractivity contribution is 4.99. The standard InChI is InChI=1S/C13H20N4O3/c1-2-9-8-19-11(7-17(9)4-1)12-15-13(20-16-12)10-6-14-3-5-18-10/h9-11,14H,1-8H2. The van der Waals surface area contributed by atoms with Gasteiger partial charge in [0.05, 0.1) is 13.2 Å². The molecule has 110 valence electrons. The number of ether oxygens (including phenoxy) is 2. The topological polar surface area (TPSA) is 72.7 Å². The molecule has 0 bridgehead atoms. The van der Waals surface area contributed by atoms with Crippen LogP contribution >= 0.6 is 0 Å². The summed E-state index contributed by atoms with van der Waals surface area (Å²) in [5.41, 5.74) is 0. The van der Waals surface area contributed by atoms with Crippen molar-refractivity contribution in [2.24, 2.45) is 0 Å². The maximum atomic E-state index is 5.90. The minimum absolute atomic E-state index is 0.0709. The summed E-state index contributed by atoms with van der Waals surface area (Å²) >= 11 is 0. The first-order chi connectivity index (χ1) is 9.90. The minimum Gasteiger partial charge on any atom is -0.367 e. The van der Waals surface area contributed by atoms with Gasteiger partial charge in [0, 0.05) is 25.7 Å². The molecule has 1 N–H and O–H groups in total. The summed E-state index contributed by atoms with van der Waals surface area (Å²) in [6.07, 6.45) is 2.30. The predicted octanol–water partition coefficient (Wildman–Crippen LogP) is 0.266. The maximum absolute atomic E-state index is 5.90. The predicted molar refractivity (Wildman–Crippen MR) is 69.1 cm³/mol. The third-order valence-corrected chi connectivity index (χ3v) is 4.34. The van der Waals surface area contributed by atoms with E-state index >= 15 is 0 Å². The van der Waals surface area contributed by atoms with Gasteiger partial charge in [0.1, 0.15) is 12.2 Å². The molecule has 4 heterocycles. The van der Waals surface area contributed by atoms with E-state index in [-0.39, 0.29) is 12.2 Å². The van der Waals surface area contributed by atoms with Crippen molar-refractivity contribution >= 4 is 0 Å². The van der Waals surface area contributed by atoms with Crippen LogP contribution in [0.5, 0.6) is 0 Å². The Hall–Kier alpha value is -1.02. The Balaban J connectivity index is 1.44. The summed E-state index contributed by atoms with van der Waals surface area (Å²) in [5, 5.41) is 7.34. The molecule has 0 radical (unpaired) electrons. The summed E-state index contributed by atoms with van der Waals surface area (Å²) in [6.45, 7) is 5.08. The lowest BCUT2D eigenvalue weighted by Gasteiger charge is -2.33. The van der Waals surface area contributed by atoms with Gasteiger partial charge in [-0.05, 0) is 19.4 Å². The Kier molecular flexibility index (Phi) is 3.43. The van der Waals surface area contributed by atoms with Crippen molar-refractivity contribution in [3.63, 3.8) is 0 Å². The van der Waals surface area contributed by atoms with Gasteiger partial charge in [0.25, 0.3) is 5.89 Å². The molecule has 3 fully saturated rings. The number of fused-ring (bicyclic) bond motifs is 1. The second-order valence-electron chi connectivity index (χ2n) is 5.67. The SMILES string of the molecule is C1CC2COC(c3noc(C4CNCCO4)n3)CN2C1. The molecule has 0 aliphatic carbocycles. The number of morpholine rings is 2. The van der Waals surface area contributed by atoms with Crippen LogP contribution in [-0.2, 0) is 9.47 Å². The average molecular weight is 280 g/mol. The van der Waals surface area contributed by atoms with Crippen LogP contribution in [0.4, 0.5) is 0 Å². The van der Waals surface area contributed by atoms with E-state index in [0.717, 1.165) is 32.8 Å². The molecule has 0 amide bonds. The maximum Gasteiger partial charge on any atom is 0.257 e. The number of nitrogens with zero attached hydrogens (tertiary/aromatic N) is 3. The molecule has 3 atom stereocenters. The Morgan fingerprint density at radius 1 is 1.25 bits per heavy atom. The molecule has 7 heteroatoms. The van der Waals surface area contributed by atoms with Crippen LogP contribution in [0.25, 0.3) is 0 Å². The van der Waals surface area contributed by atoms with Gasteiger partial charge in [0.15, 0.2) is 0 Å². The fourth-order valence-electron chi connectivity index (χ4n) is 3.21. The molecule has 3 aliphatic rings. The minimum atomic E-state index is -0.131. The van der Waals surface area contributed by atoms with E-state index in [2.05, 4.69) is 20.4 Å². The van der Waals surface area contributed by atoms with Crippen LogP contribution in [0.15, 0.2) is 4.52 Å². The lowest BCUT2D eigenvalue weighted by molar-refractivity contribution is -0.0548. The van der Waals surface area contributed by atoms with E-state index in [0.29, 0.717) is 24.4 Å². The van der Waals surface area contributed by atoms with Crippen LogP contribution in [-0.4, -0.2) is 60.5 Å². The van der Waals surface area contributed by atoms with E-state index < -0.39 is 0 Å². The molecule has 3 unspecified atom stereocenters. The van der Waals surface area contributed by atoms with Gasteiger partial charge in [-0.25, -0.2) is 0 Å². The fraction of sp³-hybridized carbons (Fsp3) is 0.846. The van der Waals surface area contributed by atoms with Gasteiger partial charge in [-0.15, -0.1) is 0 Å². The second kappa shape index (κ2) is 5.40. The van der Waals surface area contributed by atoms with E-state index in [9.17, 15) is 0 Å². The zero-order chi connectivity index (χ0) is 13.4. The van der Waals surface area contributed by atoms with E-state index in [1.54, 1.807) is 0 Å². The van der Waals surface area contributed by atoms with Crippen LogP contribution in [0.2, 0.25) is 0 Å². The molecule has 1 aromatic heterocycles. The van der Waals surface area contributed by atoms with Gasteiger partial charge in [-0.2, -0.15) is 4.98 Å². The zero-order valence-electron chi connectivity index (χ0n) is 11.5. The smallest absolute Gasteiger partial charge is 0.257 e. The van der Waals surface area contributed by atoms with Crippen molar-refractivity contribution in [1.82, 2.24) is 20.4 Å². The molecule has 3 aliphatic heterocycles. The van der Waals surface area contributed by atoms with Gasteiger partial charge < -0.3 is 19.3 Å². The van der Waals surface area contributed by atoms with E-state index in [1.165, 1.54) is 12.8 Å². The van der Waals surface area contributed by atoms with Crippen LogP contribution < -0.4 is 5.32 Å². The Morgan fingerprint density at radius 3 is 3.15 bits per heavy atom. The first-order valence-corrected chi connectivity index (χ1v) is 7.41. The molecular formula is C13H20N4O3. The van der Waals surface area contributed by atoms with Crippen LogP contribution in [0.3, 0.4) is 0 Å². The molecule has 0 saturated carbocycles.